The van der Waals surface area contributed by atoms with E-state index in [1.54, 1.807) is 11.1 Å². The molecule has 1 fully saturated rings. The van der Waals surface area contributed by atoms with Crippen LogP contribution in [0.5, 0.6) is 0 Å². The van der Waals surface area contributed by atoms with Crippen molar-refractivity contribution in [2.45, 2.75) is 70.5 Å². The van der Waals surface area contributed by atoms with Crippen molar-refractivity contribution in [3.8, 4) is 0 Å². The number of carbonyl (C=O) groups is 2. The summed E-state index contributed by atoms with van der Waals surface area (Å²) in [6.07, 6.45) is 6.76. The van der Waals surface area contributed by atoms with Crippen LogP contribution in [0.4, 0.5) is 11.5 Å². The van der Waals surface area contributed by atoms with Crippen LogP contribution >= 0.6 is 0 Å². The molecule has 0 saturated carbocycles. The first-order valence-corrected chi connectivity index (χ1v) is 12.7. The molecule has 0 aliphatic carbocycles. The van der Waals surface area contributed by atoms with E-state index in [2.05, 4.69) is 29.8 Å². The minimum atomic E-state index is -0.435. The van der Waals surface area contributed by atoms with Gasteiger partial charge in [-0.2, -0.15) is 0 Å². The van der Waals surface area contributed by atoms with E-state index in [1.807, 2.05) is 42.5 Å². The molecule has 35 heavy (non-hydrogen) atoms. The lowest BCUT2D eigenvalue weighted by Crippen LogP contribution is -2.52. The van der Waals surface area contributed by atoms with Gasteiger partial charge in [0, 0.05) is 42.2 Å². The highest BCUT2D eigenvalue weighted by molar-refractivity contribution is 6.05. The Bertz CT molecular complexity index is 1250. The van der Waals surface area contributed by atoms with Crippen molar-refractivity contribution in [1.29, 1.82) is 0 Å². The number of fused-ring (bicyclic) bond motifs is 2. The molecule has 3 heterocycles. The molecule has 1 amide bonds. The van der Waals surface area contributed by atoms with Gasteiger partial charge in [0.1, 0.15) is 5.82 Å². The average Bonchev–Trinajstić information content (AvgIpc) is 3.25. The maximum Gasteiger partial charge on any atom is 0.241 e. The Labute approximate surface area is 207 Å². The van der Waals surface area contributed by atoms with E-state index >= 15 is 0 Å². The van der Waals surface area contributed by atoms with Gasteiger partial charge < -0.3 is 10.6 Å². The predicted molar refractivity (Wildman–Crippen MR) is 140 cm³/mol. The van der Waals surface area contributed by atoms with Crippen molar-refractivity contribution < 1.29 is 9.59 Å². The van der Waals surface area contributed by atoms with Gasteiger partial charge in [0.05, 0.1) is 12.6 Å². The number of hydrogen-bond donors (Lipinski definition) is 1. The van der Waals surface area contributed by atoms with Crippen LogP contribution in [0.15, 0.2) is 54.7 Å². The fraction of sp³-hybridized carbons (Fsp3) is 0.414. The van der Waals surface area contributed by atoms with E-state index in [-0.39, 0.29) is 11.7 Å². The largest absolute Gasteiger partial charge is 0.383 e. The van der Waals surface area contributed by atoms with Crippen molar-refractivity contribution in [3.63, 3.8) is 0 Å². The molecule has 6 heteroatoms. The van der Waals surface area contributed by atoms with E-state index in [4.69, 9.17) is 5.73 Å². The minimum Gasteiger partial charge on any atom is -0.383 e. The first-order chi connectivity index (χ1) is 16.9. The Morgan fingerprint density at radius 2 is 1.83 bits per heavy atom. The van der Waals surface area contributed by atoms with E-state index in [0.717, 1.165) is 40.4 Å². The standard InChI is InChI=1S/C29H34N4O2/c1-19-6-5-7-20(2)32(19)18-28(35)33-25-9-4-3-8-23(25)17-26(33)27(34)13-11-21-10-12-24-22(16-21)14-15-31-29(24)30/h3-4,8-10,12,14-16,19-20,26H,5-7,11,13,17-18H2,1-2H3,(H2,30,31)/t19-,20+,26-/m0/s1. The second-order valence-electron chi connectivity index (χ2n) is 10.1. The third-order valence-electron chi connectivity index (χ3n) is 7.83. The van der Waals surface area contributed by atoms with Gasteiger partial charge in [-0.05, 0) is 61.8 Å². The smallest absolute Gasteiger partial charge is 0.241 e. The van der Waals surface area contributed by atoms with Gasteiger partial charge >= 0.3 is 0 Å². The molecule has 1 saturated heterocycles. The SMILES string of the molecule is C[C@@H]1CCC[C@H](C)N1CC(=O)N1c2ccccc2C[C@H]1C(=O)CCc1ccc2c(N)nccc2c1. The molecule has 5 rings (SSSR count). The molecule has 0 radical (unpaired) electrons. The number of pyridine rings is 1. The number of aromatic nitrogens is 1. The molecule has 3 atom stereocenters. The molecule has 182 valence electrons. The summed E-state index contributed by atoms with van der Waals surface area (Å²) in [5.74, 6) is 0.659. The molecule has 2 aliphatic heterocycles. The number of carbonyl (C=O) groups excluding carboxylic acids is 2. The van der Waals surface area contributed by atoms with Gasteiger partial charge in [0.15, 0.2) is 5.78 Å². The first-order valence-electron chi connectivity index (χ1n) is 12.7. The molecule has 0 bridgehead atoms. The monoisotopic (exact) mass is 470 g/mol. The fourth-order valence-corrected chi connectivity index (χ4v) is 5.81. The number of aryl methyl sites for hydroxylation is 1. The number of likely N-dealkylation sites (tertiary alicyclic amines) is 1. The Kier molecular flexibility index (Phi) is 6.56. The summed E-state index contributed by atoms with van der Waals surface area (Å²) in [4.78, 5) is 35.4. The lowest BCUT2D eigenvalue weighted by atomic mass is 9.97. The molecule has 6 nitrogen and oxygen atoms in total. The number of nitrogen functional groups attached to an aromatic ring is 1. The summed E-state index contributed by atoms with van der Waals surface area (Å²) in [6, 6.07) is 16.3. The lowest BCUT2D eigenvalue weighted by molar-refractivity contribution is -0.126. The normalized spacial score (nSPS) is 22.3. The molecular formula is C29H34N4O2. The zero-order chi connectivity index (χ0) is 24.5. The van der Waals surface area contributed by atoms with Crippen LogP contribution in [0.1, 0.15) is 50.7 Å². The van der Waals surface area contributed by atoms with Crippen LogP contribution in [-0.2, 0) is 22.4 Å². The molecule has 2 aliphatic rings. The summed E-state index contributed by atoms with van der Waals surface area (Å²) >= 11 is 0. The van der Waals surface area contributed by atoms with Crippen LogP contribution in [0.2, 0.25) is 0 Å². The number of piperidine rings is 1. The zero-order valence-electron chi connectivity index (χ0n) is 20.6. The fourth-order valence-electron chi connectivity index (χ4n) is 5.81. The van der Waals surface area contributed by atoms with Crippen molar-refractivity contribution in [3.05, 3.63) is 65.9 Å². The highest BCUT2D eigenvalue weighted by Crippen LogP contribution is 2.34. The number of nitrogens with zero attached hydrogens (tertiary/aromatic N) is 3. The molecule has 1 aromatic heterocycles. The number of rotatable bonds is 6. The van der Waals surface area contributed by atoms with Gasteiger partial charge in [-0.25, -0.2) is 4.98 Å². The Balaban J connectivity index is 1.33. The Morgan fingerprint density at radius 3 is 2.63 bits per heavy atom. The third kappa shape index (κ3) is 4.67. The number of amides is 1. The van der Waals surface area contributed by atoms with Gasteiger partial charge in [0.2, 0.25) is 5.91 Å². The van der Waals surface area contributed by atoms with Crippen LogP contribution in [0, 0.1) is 0 Å². The molecule has 3 aromatic rings. The van der Waals surface area contributed by atoms with Gasteiger partial charge in [-0.3, -0.25) is 14.5 Å². The summed E-state index contributed by atoms with van der Waals surface area (Å²) in [5.41, 5.74) is 9.03. The first kappa shape index (κ1) is 23.5. The molecule has 2 aromatic carbocycles. The number of Topliss-reactive ketones (excluding diaryl/α,β-unsaturated/α-hetero) is 1. The van der Waals surface area contributed by atoms with Crippen LogP contribution in [-0.4, -0.2) is 46.2 Å². The number of hydrogen-bond acceptors (Lipinski definition) is 5. The number of ketones is 1. The zero-order valence-corrected chi connectivity index (χ0v) is 20.6. The lowest BCUT2D eigenvalue weighted by Gasteiger charge is -2.39. The number of nitrogens with two attached hydrogens (primary N) is 1. The van der Waals surface area contributed by atoms with Gasteiger partial charge in [-0.1, -0.05) is 42.8 Å². The second kappa shape index (κ2) is 9.78. The van der Waals surface area contributed by atoms with Crippen molar-refractivity contribution in [2.75, 3.05) is 17.2 Å². The van der Waals surface area contributed by atoms with Crippen LogP contribution in [0.25, 0.3) is 10.8 Å². The third-order valence-corrected chi connectivity index (χ3v) is 7.83. The number of para-hydroxylation sites is 1. The Morgan fingerprint density at radius 1 is 1.06 bits per heavy atom. The maximum absolute atomic E-state index is 13.6. The molecule has 0 unspecified atom stereocenters. The highest BCUT2D eigenvalue weighted by atomic mass is 16.2. The number of anilines is 2. The summed E-state index contributed by atoms with van der Waals surface area (Å²) in [6.45, 7) is 4.77. The quantitative estimate of drug-likeness (QED) is 0.572. The van der Waals surface area contributed by atoms with Crippen LogP contribution in [0.3, 0.4) is 0 Å². The van der Waals surface area contributed by atoms with E-state index < -0.39 is 6.04 Å². The summed E-state index contributed by atoms with van der Waals surface area (Å²) in [5, 5.41) is 1.95. The molecule has 2 N–H and O–H groups in total. The minimum absolute atomic E-state index is 0.0302. The van der Waals surface area contributed by atoms with E-state index in [0.29, 0.717) is 43.7 Å². The maximum atomic E-state index is 13.6. The van der Waals surface area contributed by atoms with Crippen molar-refractivity contribution >= 4 is 34.0 Å². The predicted octanol–water partition coefficient (Wildman–Crippen LogP) is 4.54. The van der Waals surface area contributed by atoms with Crippen molar-refractivity contribution in [1.82, 2.24) is 9.88 Å². The highest BCUT2D eigenvalue weighted by Gasteiger charge is 2.39. The topological polar surface area (TPSA) is 79.5 Å². The van der Waals surface area contributed by atoms with Crippen molar-refractivity contribution in [2.24, 2.45) is 0 Å². The molecule has 0 spiro atoms. The summed E-state index contributed by atoms with van der Waals surface area (Å²) < 4.78 is 0. The van der Waals surface area contributed by atoms with E-state index in [1.165, 1.54) is 6.42 Å². The van der Waals surface area contributed by atoms with Crippen LogP contribution < -0.4 is 10.6 Å². The molecular weight excluding hydrogens is 436 g/mol. The van der Waals surface area contributed by atoms with Gasteiger partial charge in [0.25, 0.3) is 0 Å². The average molecular weight is 471 g/mol. The second-order valence-corrected chi connectivity index (χ2v) is 10.1. The van der Waals surface area contributed by atoms with E-state index in [9.17, 15) is 9.59 Å². The number of benzene rings is 2. The van der Waals surface area contributed by atoms with Gasteiger partial charge in [-0.15, -0.1) is 0 Å². The Hall–Kier alpha value is -3.25. The summed E-state index contributed by atoms with van der Waals surface area (Å²) in [7, 11) is 0.